The second kappa shape index (κ2) is 10.4. The SMILES string of the molecule is CNC(=O)[C@@H](NC(=O)[C@H](CCCc1ccccc1)[C@H](C)[NH+]([O-])O)C(C)(C)C. The highest BCUT2D eigenvalue weighted by molar-refractivity contribution is 5.89. The summed E-state index contributed by atoms with van der Waals surface area (Å²) in [6.45, 7) is 7.12. The smallest absolute Gasteiger partial charge is 0.242 e. The summed E-state index contributed by atoms with van der Waals surface area (Å²) >= 11 is 0. The first-order valence-corrected chi connectivity index (χ1v) is 9.36. The Morgan fingerprint density at radius 2 is 1.78 bits per heavy atom. The zero-order valence-corrected chi connectivity index (χ0v) is 16.9. The van der Waals surface area contributed by atoms with E-state index in [0.717, 1.165) is 12.0 Å². The fraction of sp³-hybridized carbons (Fsp3) is 0.600. The van der Waals surface area contributed by atoms with Crippen molar-refractivity contribution >= 4 is 11.8 Å². The second-order valence-corrected chi connectivity index (χ2v) is 8.03. The van der Waals surface area contributed by atoms with Crippen molar-refractivity contribution in [2.45, 2.75) is 59.0 Å². The number of carbonyl (C=O) groups is 2. The number of benzene rings is 1. The highest BCUT2D eigenvalue weighted by atomic mass is 16.8. The lowest BCUT2D eigenvalue weighted by atomic mass is 9.85. The fourth-order valence-electron chi connectivity index (χ4n) is 3.02. The number of hydrogen-bond acceptors (Lipinski definition) is 4. The van der Waals surface area contributed by atoms with Crippen LogP contribution < -0.4 is 15.9 Å². The molecule has 7 nitrogen and oxygen atoms in total. The van der Waals surface area contributed by atoms with Crippen LogP contribution in [0.5, 0.6) is 0 Å². The van der Waals surface area contributed by atoms with Crippen LogP contribution in [0.4, 0.5) is 0 Å². The third-order valence-corrected chi connectivity index (χ3v) is 4.81. The van der Waals surface area contributed by atoms with Gasteiger partial charge in [-0.05, 0) is 37.2 Å². The number of likely N-dealkylation sites (N-methyl/N-ethyl adjacent to an activating group) is 1. The van der Waals surface area contributed by atoms with Crippen LogP contribution in [0.25, 0.3) is 0 Å². The third-order valence-electron chi connectivity index (χ3n) is 4.81. The first kappa shape index (κ1) is 23.1. The Kier molecular flexibility index (Phi) is 8.88. The van der Waals surface area contributed by atoms with E-state index in [1.807, 2.05) is 51.1 Å². The third kappa shape index (κ3) is 7.28. The lowest BCUT2D eigenvalue weighted by Gasteiger charge is -2.33. The Labute approximate surface area is 161 Å². The van der Waals surface area contributed by atoms with Crippen LogP contribution in [0.15, 0.2) is 30.3 Å². The van der Waals surface area contributed by atoms with Gasteiger partial charge in [0.05, 0.1) is 5.92 Å². The molecule has 7 heteroatoms. The summed E-state index contributed by atoms with van der Waals surface area (Å²) in [6, 6.07) is 8.32. The fourth-order valence-corrected chi connectivity index (χ4v) is 3.02. The monoisotopic (exact) mass is 379 g/mol. The molecule has 0 aliphatic rings. The van der Waals surface area contributed by atoms with E-state index >= 15 is 0 Å². The van der Waals surface area contributed by atoms with Crippen molar-refractivity contribution in [3.63, 3.8) is 0 Å². The van der Waals surface area contributed by atoms with Gasteiger partial charge in [0.25, 0.3) is 0 Å². The van der Waals surface area contributed by atoms with Crippen LogP contribution in [0, 0.1) is 16.5 Å². The summed E-state index contributed by atoms with van der Waals surface area (Å²) in [5.74, 6) is -1.37. The predicted molar refractivity (Wildman–Crippen MR) is 104 cm³/mol. The molecule has 0 saturated heterocycles. The van der Waals surface area contributed by atoms with Crippen molar-refractivity contribution in [1.82, 2.24) is 10.6 Å². The van der Waals surface area contributed by atoms with Gasteiger partial charge in [-0.15, -0.1) is 0 Å². The standard InChI is InChI=1S/C20H33N3O4/c1-14(23(26)27)16(13-9-12-15-10-7-6-8-11-15)18(24)22-17(19(25)21-5)20(2,3)4/h6-8,10-11,14,16-17,23,26H,9,12-13H2,1-5H3,(H,21,25)(H,22,24)/t14-,16+,17+/m0/s1. The molecule has 1 aromatic rings. The molecule has 2 amide bonds. The summed E-state index contributed by atoms with van der Waals surface area (Å²) in [7, 11) is 1.52. The lowest BCUT2D eigenvalue weighted by Crippen LogP contribution is -3.09. The molecule has 1 aromatic carbocycles. The summed E-state index contributed by atoms with van der Waals surface area (Å²) < 4.78 is 0. The van der Waals surface area contributed by atoms with E-state index in [-0.39, 0.29) is 11.8 Å². The van der Waals surface area contributed by atoms with Crippen LogP contribution in [0.1, 0.15) is 46.1 Å². The van der Waals surface area contributed by atoms with Crippen molar-refractivity contribution in [2.24, 2.45) is 11.3 Å². The van der Waals surface area contributed by atoms with Gasteiger partial charge < -0.3 is 15.8 Å². The number of aryl methyl sites for hydroxylation is 1. The number of amides is 2. The van der Waals surface area contributed by atoms with Gasteiger partial charge in [0.15, 0.2) is 0 Å². The van der Waals surface area contributed by atoms with Gasteiger partial charge in [0, 0.05) is 7.05 Å². The van der Waals surface area contributed by atoms with E-state index in [2.05, 4.69) is 10.6 Å². The molecule has 0 aliphatic carbocycles. The van der Waals surface area contributed by atoms with Crippen molar-refractivity contribution in [2.75, 3.05) is 7.05 Å². The van der Waals surface area contributed by atoms with Gasteiger partial charge >= 0.3 is 0 Å². The Bertz CT molecular complexity index is 599. The summed E-state index contributed by atoms with van der Waals surface area (Å²) in [5.41, 5.74) is 0.661. The van der Waals surface area contributed by atoms with E-state index in [0.29, 0.717) is 12.8 Å². The summed E-state index contributed by atoms with van der Waals surface area (Å²) in [6.07, 6.45) is 1.91. The second-order valence-electron chi connectivity index (χ2n) is 8.03. The number of rotatable bonds is 9. The average Bonchev–Trinajstić information content (AvgIpc) is 2.61. The van der Waals surface area contributed by atoms with E-state index < -0.39 is 28.6 Å². The number of quaternary nitrogens is 1. The minimum Gasteiger partial charge on any atom is -0.600 e. The first-order chi connectivity index (χ1) is 12.6. The van der Waals surface area contributed by atoms with Crippen LogP contribution in [-0.4, -0.2) is 36.2 Å². The highest BCUT2D eigenvalue weighted by Gasteiger charge is 2.36. The van der Waals surface area contributed by atoms with Gasteiger partial charge in [0.2, 0.25) is 11.8 Å². The molecule has 0 aromatic heterocycles. The van der Waals surface area contributed by atoms with Crippen LogP contribution in [0.2, 0.25) is 0 Å². The van der Waals surface area contributed by atoms with Gasteiger partial charge in [-0.2, -0.15) is 0 Å². The quantitative estimate of drug-likeness (QED) is 0.482. The minimum atomic E-state index is -1.01. The molecular weight excluding hydrogens is 346 g/mol. The van der Waals surface area contributed by atoms with Gasteiger partial charge in [-0.3, -0.25) is 9.59 Å². The van der Waals surface area contributed by atoms with Crippen molar-refractivity contribution < 1.29 is 20.0 Å². The Hall–Kier alpha value is -1.96. The zero-order valence-electron chi connectivity index (χ0n) is 16.9. The first-order valence-electron chi connectivity index (χ1n) is 9.36. The number of hydrogen-bond donors (Lipinski definition) is 4. The van der Waals surface area contributed by atoms with Crippen LogP contribution in [0.3, 0.4) is 0 Å². The lowest BCUT2D eigenvalue weighted by molar-refractivity contribution is -1.07. The average molecular weight is 380 g/mol. The molecule has 152 valence electrons. The van der Waals surface area contributed by atoms with Crippen molar-refractivity contribution in [1.29, 1.82) is 0 Å². The Morgan fingerprint density at radius 1 is 1.19 bits per heavy atom. The molecule has 0 heterocycles. The molecule has 0 saturated carbocycles. The van der Waals surface area contributed by atoms with E-state index in [4.69, 9.17) is 0 Å². The Morgan fingerprint density at radius 3 is 2.26 bits per heavy atom. The summed E-state index contributed by atoms with van der Waals surface area (Å²) in [4.78, 5) is 25.0. The van der Waals surface area contributed by atoms with Crippen LogP contribution >= 0.6 is 0 Å². The molecule has 0 radical (unpaired) electrons. The Balaban J connectivity index is 2.84. The van der Waals surface area contributed by atoms with E-state index in [1.165, 1.54) is 7.05 Å². The maximum absolute atomic E-state index is 12.9. The molecule has 1 unspecified atom stereocenters. The molecule has 4 N–H and O–H groups in total. The molecule has 0 spiro atoms. The molecule has 4 atom stereocenters. The van der Waals surface area contributed by atoms with E-state index in [9.17, 15) is 20.0 Å². The molecular formula is C20H33N3O4. The predicted octanol–water partition coefficient (Wildman–Crippen LogP) is 1.06. The number of hydroxylamine groups is 2. The topological polar surface area (TPSA) is 106 Å². The molecule has 0 aliphatic heterocycles. The highest BCUT2D eigenvalue weighted by Crippen LogP contribution is 2.21. The number of nitrogens with one attached hydrogen (secondary N) is 3. The largest absolute Gasteiger partial charge is 0.600 e. The van der Waals surface area contributed by atoms with Crippen molar-refractivity contribution in [3.8, 4) is 0 Å². The van der Waals surface area contributed by atoms with Gasteiger partial charge in [0.1, 0.15) is 12.1 Å². The maximum atomic E-state index is 12.9. The molecule has 0 fully saturated rings. The van der Waals surface area contributed by atoms with Gasteiger partial charge in [-0.1, -0.05) is 51.1 Å². The molecule has 27 heavy (non-hydrogen) atoms. The summed E-state index contributed by atoms with van der Waals surface area (Å²) in [5, 5.41) is 25.2. The number of carbonyl (C=O) groups excluding carboxylic acids is 2. The maximum Gasteiger partial charge on any atom is 0.242 e. The van der Waals surface area contributed by atoms with Crippen LogP contribution in [-0.2, 0) is 16.0 Å². The molecule has 1 rings (SSSR count). The van der Waals surface area contributed by atoms with Gasteiger partial charge in [-0.25, -0.2) is 10.4 Å². The molecule has 0 bridgehead atoms. The normalized spacial score (nSPS) is 16.1. The zero-order chi connectivity index (χ0) is 20.6. The minimum absolute atomic E-state index is 0.290. The van der Waals surface area contributed by atoms with Crippen molar-refractivity contribution in [3.05, 3.63) is 41.1 Å². The van der Waals surface area contributed by atoms with E-state index in [1.54, 1.807) is 6.92 Å².